The van der Waals surface area contributed by atoms with E-state index in [0.717, 1.165) is 6.07 Å². The summed E-state index contributed by atoms with van der Waals surface area (Å²) in [6.45, 7) is 0. The first-order chi connectivity index (χ1) is 9.40. The fourth-order valence-electron chi connectivity index (χ4n) is 1.54. The number of hydrogen-bond acceptors (Lipinski definition) is 2. The van der Waals surface area contributed by atoms with Crippen molar-refractivity contribution in [3.63, 3.8) is 0 Å². The third-order valence-electron chi connectivity index (χ3n) is 2.48. The van der Waals surface area contributed by atoms with Crippen LogP contribution in [-0.4, -0.2) is 11.0 Å². The summed E-state index contributed by atoms with van der Waals surface area (Å²) >= 11 is 17.5. The zero-order valence-corrected chi connectivity index (χ0v) is 12.0. The van der Waals surface area contributed by atoms with Crippen molar-refractivity contribution in [2.75, 3.05) is 5.32 Å². The molecule has 0 aromatic heterocycles. The number of phenols is 1. The number of aromatic hydroxyl groups is 1. The van der Waals surface area contributed by atoms with E-state index in [1.165, 1.54) is 24.3 Å². The second-order valence-electron chi connectivity index (χ2n) is 3.83. The first-order valence-corrected chi connectivity index (χ1v) is 6.47. The van der Waals surface area contributed by atoms with Gasteiger partial charge < -0.3 is 10.4 Å². The van der Waals surface area contributed by atoms with Crippen molar-refractivity contribution in [3.05, 3.63) is 56.8 Å². The Labute approximate surface area is 128 Å². The first kappa shape index (κ1) is 14.9. The monoisotopic (exact) mass is 333 g/mol. The zero-order chi connectivity index (χ0) is 14.9. The summed E-state index contributed by atoms with van der Waals surface area (Å²) in [5.41, 5.74) is -0.316. The number of carbonyl (C=O) groups excluding carboxylic acids is 1. The highest BCUT2D eigenvalue weighted by atomic mass is 35.5. The number of benzene rings is 2. The highest BCUT2D eigenvalue weighted by Gasteiger charge is 2.18. The summed E-state index contributed by atoms with van der Waals surface area (Å²) in [6.07, 6.45) is 0. The number of amides is 1. The fraction of sp³-hybridized carbons (Fsp3) is 0. The molecule has 2 rings (SSSR count). The van der Waals surface area contributed by atoms with Crippen molar-refractivity contribution in [3.8, 4) is 5.75 Å². The maximum absolute atomic E-state index is 13.5. The third-order valence-corrected chi connectivity index (χ3v) is 3.51. The predicted molar refractivity (Wildman–Crippen MR) is 77.5 cm³/mol. The lowest BCUT2D eigenvalue weighted by atomic mass is 10.1. The maximum atomic E-state index is 13.5. The van der Waals surface area contributed by atoms with Gasteiger partial charge in [-0.3, -0.25) is 4.79 Å². The van der Waals surface area contributed by atoms with Crippen LogP contribution in [0.25, 0.3) is 0 Å². The molecule has 0 atom stereocenters. The van der Waals surface area contributed by atoms with E-state index in [9.17, 15) is 14.3 Å². The lowest BCUT2D eigenvalue weighted by Crippen LogP contribution is -2.14. The van der Waals surface area contributed by atoms with Crippen LogP contribution in [0.4, 0.5) is 10.1 Å². The van der Waals surface area contributed by atoms with E-state index in [-0.39, 0.29) is 20.8 Å². The van der Waals surface area contributed by atoms with Crippen molar-refractivity contribution >= 4 is 46.4 Å². The van der Waals surface area contributed by atoms with Gasteiger partial charge in [0, 0.05) is 0 Å². The Balaban J connectivity index is 2.35. The van der Waals surface area contributed by atoms with Crippen LogP contribution in [0.2, 0.25) is 15.1 Å². The quantitative estimate of drug-likeness (QED) is 0.779. The Hall–Kier alpha value is -1.49. The normalized spacial score (nSPS) is 10.4. The van der Waals surface area contributed by atoms with Gasteiger partial charge in [-0.05, 0) is 24.3 Å². The number of phenolic OH excluding ortho intramolecular Hbond substituents is 1. The van der Waals surface area contributed by atoms with Crippen LogP contribution in [-0.2, 0) is 0 Å². The van der Waals surface area contributed by atoms with Gasteiger partial charge in [-0.1, -0.05) is 40.9 Å². The third kappa shape index (κ3) is 2.98. The lowest BCUT2D eigenvalue weighted by Gasteiger charge is -2.10. The number of rotatable bonds is 2. The molecule has 0 aliphatic carbocycles. The molecule has 2 aromatic carbocycles. The molecule has 0 saturated heterocycles. The highest BCUT2D eigenvalue weighted by Crippen LogP contribution is 2.33. The molecule has 1 amide bonds. The average Bonchev–Trinajstić information content (AvgIpc) is 2.35. The average molecular weight is 335 g/mol. The molecule has 0 unspecified atom stereocenters. The van der Waals surface area contributed by atoms with Gasteiger partial charge >= 0.3 is 0 Å². The molecule has 2 aromatic rings. The van der Waals surface area contributed by atoms with E-state index in [2.05, 4.69) is 5.32 Å². The van der Waals surface area contributed by atoms with Crippen LogP contribution in [0.3, 0.4) is 0 Å². The molecule has 0 spiro atoms. The summed E-state index contributed by atoms with van der Waals surface area (Å²) in [5.74, 6) is -2.17. The molecule has 20 heavy (non-hydrogen) atoms. The lowest BCUT2D eigenvalue weighted by molar-refractivity contribution is 0.102. The minimum Gasteiger partial charge on any atom is -0.507 e. The molecular formula is C13H7Cl3FNO2. The van der Waals surface area contributed by atoms with Gasteiger partial charge in [-0.15, -0.1) is 0 Å². The highest BCUT2D eigenvalue weighted by molar-refractivity contribution is 6.44. The minimum atomic E-state index is -0.848. The predicted octanol–water partition coefficient (Wildman–Crippen LogP) is 4.74. The molecule has 0 radical (unpaired) electrons. The van der Waals surface area contributed by atoms with Gasteiger partial charge in [0.25, 0.3) is 5.91 Å². The van der Waals surface area contributed by atoms with Crippen LogP contribution in [0.5, 0.6) is 5.75 Å². The van der Waals surface area contributed by atoms with E-state index >= 15 is 0 Å². The Kier molecular flexibility index (Phi) is 4.38. The molecule has 7 heteroatoms. The molecule has 3 nitrogen and oxygen atoms in total. The SMILES string of the molecule is O=C(Nc1cc(Cl)c(Cl)cc1Cl)c1c(O)cccc1F. The summed E-state index contributed by atoms with van der Waals surface area (Å²) in [4.78, 5) is 12.0. The summed E-state index contributed by atoms with van der Waals surface area (Å²) in [7, 11) is 0. The smallest absolute Gasteiger partial charge is 0.262 e. The molecule has 0 bridgehead atoms. The molecule has 0 aliphatic heterocycles. The van der Waals surface area contributed by atoms with Gasteiger partial charge in [-0.2, -0.15) is 0 Å². The number of hydrogen-bond donors (Lipinski definition) is 2. The molecule has 0 aliphatic rings. The van der Waals surface area contributed by atoms with Crippen LogP contribution in [0.15, 0.2) is 30.3 Å². The molecule has 0 heterocycles. The van der Waals surface area contributed by atoms with Crippen LogP contribution >= 0.6 is 34.8 Å². The van der Waals surface area contributed by atoms with Crippen LogP contribution < -0.4 is 5.32 Å². The zero-order valence-electron chi connectivity index (χ0n) is 9.75. The first-order valence-electron chi connectivity index (χ1n) is 5.33. The number of halogens is 4. The Morgan fingerprint density at radius 2 is 1.75 bits per heavy atom. The van der Waals surface area contributed by atoms with E-state index < -0.39 is 23.0 Å². The largest absolute Gasteiger partial charge is 0.507 e. The number of nitrogens with one attached hydrogen (secondary N) is 1. The fourth-order valence-corrected chi connectivity index (χ4v) is 2.13. The maximum Gasteiger partial charge on any atom is 0.262 e. The van der Waals surface area contributed by atoms with Gasteiger partial charge in [0.1, 0.15) is 17.1 Å². The molecular weight excluding hydrogens is 328 g/mol. The summed E-state index contributed by atoms with van der Waals surface area (Å²) in [5, 5.41) is 12.4. The van der Waals surface area contributed by atoms with Crippen molar-refractivity contribution in [2.24, 2.45) is 0 Å². The van der Waals surface area contributed by atoms with E-state index in [0.29, 0.717) is 0 Å². The Bertz CT molecular complexity index is 671. The number of anilines is 1. The molecule has 0 saturated carbocycles. The van der Waals surface area contributed by atoms with Gasteiger partial charge in [0.2, 0.25) is 0 Å². The summed E-state index contributed by atoms with van der Waals surface area (Å²) in [6, 6.07) is 6.23. The van der Waals surface area contributed by atoms with Crippen molar-refractivity contribution < 1.29 is 14.3 Å². The second-order valence-corrected chi connectivity index (χ2v) is 5.06. The van der Waals surface area contributed by atoms with Crippen LogP contribution in [0, 0.1) is 5.82 Å². The van der Waals surface area contributed by atoms with Gasteiger partial charge in [-0.25, -0.2) is 4.39 Å². The van der Waals surface area contributed by atoms with E-state index in [1.807, 2.05) is 0 Å². The van der Waals surface area contributed by atoms with E-state index in [4.69, 9.17) is 34.8 Å². The van der Waals surface area contributed by atoms with Crippen LogP contribution in [0.1, 0.15) is 10.4 Å². The topological polar surface area (TPSA) is 49.3 Å². The minimum absolute atomic E-state index is 0.142. The Morgan fingerprint density at radius 3 is 2.40 bits per heavy atom. The van der Waals surface area contributed by atoms with Crippen molar-refractivity contribution in [2.45, 2.75) is 0 Å². The summed E-state index contributed by atoms with van der Waals surface area (Å²) < 4.78 is 13.5. The standard InChI is InChI=1S/C13H7Cl3FNO2/c14-6-4-8(16)10(5-7(6)15)18-13(20)12-9(17)2-1-3-11(12)19/h1-5,19H,(H,18,20). The molecule has 0 fully saturated rings. The number of carbonyl (C=O) groups is 1. The Morgan fingerprint density at radius 1 is 1.10 bits per heavy atom. The van der Waals surface area contributed by atoms with Gasteiger partial charge in [0.15, 0.2) is 0 Å². The molecule has 2 N–H and O–H groups in total. The van der Waals surface area contributed by atoms with Crippen molar-refractivity contribution in [1.29, 1.82) is 0 Å². The van der Waals surface area contributed by atoms with E-state index in [1.54, 1.807) is 0 Å². The van der Waals surface area contributed by atoms with Crippen molar-refractivity contribution in [1.82, 2.24) is 0 Å². The second kappa shape index (κ2) is 5.87. The molecule has 104 valence electrons. The van der Waals surface area contributed by atoms with Gasteiger partial charge in [0.05, 0.1) is 20.8 Å².